The Kier molecular flexibility index (Phi) is 5.73. The van der Waals surface area contributed by atoms with Crippen LogP contribution in [0.5, 0.6) is 0 Å². The highest BCUT2D eigenvalue weighted by Crippen LogP contribution is 2.57. The second-order valence-electron chi connectivity index (χ2n) is 8.06. The molecule has 2 nitrogen and oxygen atoms in total. The fourth-order valence-electron chi connectivity index (χ4n) is 4.82. The molecule has 1 N–H and O–H groups in total. The van der Waals surface area contributed by atoms with Gasteiger partial charge in [0.2, 0.25) is 0 Å². The van der Waals surface area contributed by atoms with E-state index in [0.29, 0.717) is 0 Å². The van der Waals surface area contributed by atoms with Gasteiger partial charge in [0.1, 0.15) is 0 Å². The first kappa shape index (κ1) is 20.7. The Bertz CT molecular complexity index is 1300. The molecule has 1 aromatic heterocycles. The fourth-order valence-corrected chi connectivity index (χ4v) is 4.82. The number of allylic oxidation sites excluding steroid dienone is 17. The molecule has 33 heavy (non-hydrogen) atoms. The lowest BCUT2D eigenvalue weighted by molar-refractivity contribution is 0.762. The number of fused-ring (bicyclic) bond motifs is 3. The highest BCUT2D eigenvalue weighted by molar-refractivity contribution is 5.87. The van der Waals surface area contributed by atoms with Crippen LogP contribution in [0.4, 0.5) is 5.69 Å². The van der Waals surface area contributed by atoms with Crippen molar-refractivity contribution in [3.05, 3.63) is 156 Å². The Balaban J connectivity index is 1.71. The Labute approximate surface area is 195 Å². The summed E-state index contributed by atoms with van der Waals surface area (Å²) in [5.41, 5.74) is 7.79. The number of rotatable bonds is 4. The van der Waals surface area contributed by atoms with Crippen LogP contribution in [0.25, 0.3) is 11.3 Å². The zero-order chi connectivity index (χ0) is 22.5. The Morgan fingerprint density at radius 1 is 0.788 bits per heavy atom. The van der Waals surface area contributed by atoms with E-state index in [1.54, 1.807) is 0 Å². The van der Waals surface area contributed by atoms with Gasteiger partial charge in [-0.1, -0.05) is 97.2 Å². The summed E-state index contributed by atoms with van der Waals surface area (Å²) in [5.74, 6) is 0. The van der Waals surface area contributed by atoms with Crippen molar-refractivity contribution in [1.82, 2.24) is 4.98 Å². The van der Waals surface area contributed by atoms with E-state index in [1.807, 2.05) is 55.8 Å². The summed E-state index contributed by atoms with van der Waals surface area (Å²) in [6.07, 6.45) is 35.5. The minimum Gasteiger partial charge on any atom is -0.362 e. The lowest BCUT2D eigenvalue weighted by Gasteiger charge is -2.36. The average Bonchev–Trinajstić information content (AvgIpc) is 3.11. The first-order valence-electron chi connectivity index (χ1n) is 11.3. The van der Waals surface area contributed by atoms with Crippen molar-refractivity contribution >= 4 is 5.69 Å². The Morgan fingerprint density at radius 2 is 1.55 bits per heavy atom. The molecule has 5 rings (SSSR count). The predicted octanol–water partition coefficient (Wildman–Crippen LogP) is 7.51. The van der Waals surface area contributed by atoms with E-state index in [1.165, 1.54) is 27.8 Å². The van der Waals surface area contributed by atoms with Crippen LogP contribution < -0.4 is 5.32 Å². The topological polar surface area (TPSA) is 24.9 Å². The largest absolute Gasteiger partial charge is 0.362 e. The predicted molar refractivity (Wildman–Crippen MR) is 140 cm³/mol. The van der Waals surface area contributed by atoms with Gasteiger partial charge >= 0.3 is 0 Å². The Hall–Kier alpha value is -4.17. The maximum Gasteiger partial charge on any atom is 0.0753 e. The lowest BCUT2D eigenvalue weighted by atomic mass is 9.65. The van der Waals surface area contributed by atoms with Gasteiger partial charge in [-0.15, -0.1) is 0 Å². The van der Waals surface area contributed by atoms with E-state index in [4.69, 9.17) is 4.98 Å². The van der Waals surface area contributed by atoms with Crippen LogP contribution in [0.15, 0.2) is 145 Å². The molecule has 3 aliphatic rings. The van der Waals surface area contributed by atoms with Crippen molar-refractivity contribution in [3.8, 4) is 11.3 Å². The molecule has 2 heteroatoms. The summed E-state index contributed by atoms with van der Waals surface area (Å²) in [5, 5.41) is 3.44. The van der Waals surface area contributed by atoms with Gasteiger partial charge in [0, 0.05) is 23.6 Å². The van der Waals surface area contributed by atoms with Crippen molar-refractivity contribution in [3.63, 3.8) is 0 Å². The molecule has 0 saturated carbocycles. The molecule has 3 aliphatic carbocycles. The summed E-state index contributed by atoms with van der Waals surface area (Å²) in [7, 11) is 0. The Morgan fingerprint density at radius 3 is 2.30 bits per heavy atom. The molecule has 0 unspecified atom stereocenters. The fraction of sp³-hybridized carbons (Fsp3) is 0.0645. The molecule has 160 valence electrons. The molecule has 0 fully saturated rings. The SMILES string of the molecule is C/C=C/C=C\C=C/Nc1ccc2c(c1)C1(C3=C\C=C/C=C\C1=C\C=C/C=C\3)c1cccnc1-2. The summed E-state index contributed by atoms with van der Waals surface area (Å²) >= 11 is 0. The van der Waals surface area contributed by atoms with E-state index >= 15 is 0 Å². The van der Waals surface area contributed by atoms with Crippen LogP contribution in [0, 0.1) is 0 Å². The number of aromatic nitrogens is 1. The van der Waals surface area contributed by atoms with Gasteiger partial charge in [-0.3, -0.25) is 4.98 Å². The number of anilines is 1. The maximum absolute atomic E-state index is 4.83. The van der Waals surface area contributed by atoms with Gasteiger partial charge in [0.05, 0.1) is 11.1 Å². The smallest absolute Gasteiger partial charge is 0.0753 e. The van der Waals surface area contributed by atoms with Gasteiger partial charge in [-0.2, -0.15) is 0 Å². The number of pyridine rings is 1. The van der Waals surface area contributed by atoms with E-state index in [2.05, 4.69) is 90.3 Å². The van der Waals surface area contributed by atoms with Crippen LogP contribution in [0.3, 0.4) is 0 Å². The van der Waals surface area contributed by atoms with Crippen LogP contribution in [0.1, 0.15) is 18.1 Å². The monoisotopic (exact) mass is 426 g/mol. The van der Waals surface area contributed by atoms with Gasteiger partial charge < -0.3 is 5.32 Å². The van der Waals surface area contributed by atoms with E-state index < -0.39 is 5.41 Å². The number of hydrogen-bond acceptors (Lipinski definition) is 2. The summed E-state index contributed by atoms with van der Waals surface area (Å²) < 4.78 is 0. The van der Waals surface area contributed by atoms with Crippen molar-refractivity contribution < 1.29 is 0 Å². The van der Waals surface area contributed by atoms with Crippen LogP contribution in [-0.2, 0) is 5.41 Å². The highest BCUT2D eigenvalue weighted by Gasteiger charge is 2.48. The third-order valence-corrected chi connectivity index (χ3v) is 6.18. The molecule has 0 radical (unpaired) electrons. The van der Waals surface area contributed by atoms with Crippen LogP contribution in [0.2, 0.25) is 0 Å². The van der Waals surface area contributed by atoms with Crippen molar-refractivity contribution in [2.75, 3.05) is 5.32 Å². The molecule has 0 amide bonds. The first-order chi connectivity index (χ1) is 16.4. The molecule has 0 aliphatic heterocycles. The van der Waals surface area contributed by atoms with Gasteiger partial charge in [0.25, 0.3) is 0 Å². The number of nitrogens with one attached hydrogen (secondary N) is 1. The summed E-state index contributed by atoms with van der Waals surface area (Å²) in [4.78, 5) is 4.83. The van der Waals surface area contributed by atoms with E-state index in [0.717, 1.165) is 11.4 Å². The van der Waals surface area contributed by atoms with E-state index in [9.17, 15) is 0 Å². The van der Waals surface area contributed by atoms with Gasteiger partial charge in [0.15, 0.2) is 0 Å². The molecule has 2 bridgehead atoms. The van der Waals surface area contributed by atoms with Crippen LogP contribution in [-0.4, -0.2) is 4.98 Å². The van der Waals surface area contributed by atoms with E-state index in [-0.39, 0.29) is 0 Å². The molecule has 0 saturated heterocycles. The highest BCUT2D eigenvalue weighted by atomic mass is 14.8. The molecule has 1 heterocycles. The van der Waals surface area contributed by atoms with Crippen molar-refractivity contribution in [2.24, 2.45) is 0 Å². The molecule has 1 spiro atoms. The molecule has 1 aromatic carbocycles. The summed E-state index contributed by atoms with van der Waals surface area (Å²) in [6, 6.07) is 10.9. The minimum absolute atomic E-state index is 0.422. The number of benzene rings is 1. The average molecular weight is 427 g/mol. The van der Waals surface area contributed by atoms with Crippen molar-refractivity contribution in [1.29, 1.82) is 0 Å². The lowest BCUT2D eigenvalue weighted by Crippen LogP contribution is -2.30. The molecule has 2 aromatic rings. The zero-order valence-electron chi connectivity index (χ0n) is 18.6. The second kappa shape index (κ2) is 9.13. The standard InChI is InChI=1S/C31H26N2/c1-2-3-4-5-12-21-32-26-19-20-27-29(23-26)31(28-18-13-22-33-30(27)28)24-14-8-6-9-15-25(31)17-11-7-10-16-24/h2-23,32H,1H3/b3-2+,5-4-,8-6-,9-6?,10-7?,11-7-,14-8?,15-9-,16-10-,17-11?,21-12-,24-14-,24-16?,25-15?,25-17-. The molecular formula is C31H26N2. The zero-order valence-corrected chi connectivity index (χ0v) is 18.6. The quantitative estimate of drug-likeness (QED) is 0.512. The number of nitrogens with zero attached hydrogens (tertiary/aromatic N) is 1. The third-order valence-electron chi connectivity index (χ3n) is 6.18. The molecular weight excluding hydrogens is 400 g/mol. The van der Waals surface area contributed by atoms with Crippen molar-refractivity contribution in [2.45, 2.75) is 12.3 Å². The molecule has 0 atom stereocenters. The maximum atomic E-state index is 4.83. The third kappa shape index (κ3) is 3.60. The summed E-state index contributed by atoms with van der Waals surface area (Å²) in [6.45, 7) is 2.01. The number of hydrogen-bond donors (Lipinski definition) is 1. The van der Waals surface area contributed by atoms with Gasteiger partial charge in [-0.25, -0.2) is 0 Å². The van der Waals surface area contributed by atoms with Crippen LogP contribution >= 0.6 is 0 Å². The minimum atomic E-state index is -0.422. The normalized spacial score (nSPS) is 27.5. The van der Waals surface area contributed by atoms with Gasteiger partial charge in [-0.05, 0) is 53.5 Å². The second-order valence-corrected chi connectivity index (χ2v) is 8.06. The first-order valence-corrected chi connectivity index (χ1v) is 11.3.